The van der Waals surface area contributed by atoms with Crippen molar-refractivity contribution >= 4 is 24.3 Å². The molecule has 2 N–H and O–H groups in total. The van der Waals surface area contributed by atoms with Crippen LogP contribution >= 0.6 is 12.4 Å². The van der Waals surface area contributed by atoms with Gasteiger partial charge in [-0.25, -0.2) is 0 Å². The molecule has 2 saturated heterocycles. The van der Waals surface area contributed by atoms with Crippen molar-refractivity contribution in [3.05, 3.63) is 0 Å². The van der Waals surface area contributed by atoms with Gasteiger partial charge in [0.05, 0.1) is 13.5 Å². The molecule has 134 valence electrons. The third-order valence-corrected chi connectivity index (χ3v) is 5.51. The summed E-state index contributed by atoms with van der Waals surface area (Å²) in [6.07, 6.45) is 7.01. The lowest BCUT2D eigenvalue weighted by molar-refractivity contribution is -0.142. The summed E-state index contributed by atoms with van der Waals surface area (Å²) in [5, 5.41) is 6.74. The van der Waals surface area contributed by atoms with Gasteiger partial charge in [0.2, 0.25) is 5.91 Å². The first-order valence-corrected chi connectivity index (χ1v) is 8.64. The molecular weight excluding hydrogens is 316 g/mol. The lowest BCUT2D eigenvalue weighted by Gasteiger charge is -2.34. The topological polar surface area (TPSA) is 67.4 Å². The molecule has 2 heterocycles. The summed E-state index contributed by atoms with van der Waals surface area (Å²) in [6.45, 7) is 4.02. The van der Waals surface area contributed by atoms with Crippen molar-refractivity contribution in [1.82, 2.24) is 10.6 Å². The Hall–Kier alpha value is -0.810. The molecular formula is C17H31ClN2O3. The van der Waals surface area contributed by atoms with Crippen molar-refractivity contribution in [3.63, 3.8) is 0 Å². The molecule has 0 aromatic heterocycles. The van der Waals surface area contributed by atoms with E-state index in [2.05, 4.69) is 10.6 Å². The van der Waals surface area contributed by atoms with Gasteiger partial charge in [-0.05, 0) is 44.4 Å². The Morgan fingerprint density at radius 1 is 1.17 bits per heavy atom. The standard InChI is InChI=1S/C17H30N2O3.ClH/c1-4-17(5-2,11-16(21)22-3)19-15(20)10-12-8-13-6-7-14(9-12)18-13;/h12-14,18H,4-11H2,1-3H3,(H,19,20);1H. The van der Waals surface area contributed by atoms with Crippen molar-refractivity contribution in [2.45, 2.75) is 82.8 Å². The van der Waals surface area contributed by atoms with Crippen molar-refractivity contribution in [2.24, 2.45) is 5.92 Å². The highest BCUT2D eigenvalue weighted by atomic mass is 35.5. The van der Waals surface area contributed by atoms with Crippen LogP contribution in [0.1, 0.15) is 65.2 Å². The minimum Gasteiger partial charge on any atom is -0.469 e. The van der Waals surface area contributed by atoms with Crippen LogP contribution in [0.2, 0.25) is 0 Å². The molecule has 0 aliphatic carbocycles. The summed E-state index contributed by atoms with van der Waals surface area (Å²) in [5.41, 5.74) is -0.462. The number of hydrogen-bond donors (Lipinski definition) is 2. The van der Waals surface area contributed by atoms with Crippen LogP contribution < -0.4 is 10.6 Å². The number of carbonyl (C=O) groups is 2. The van der Waals surface area contributed by atoms with Gasteiger partial charge in [0.15, 0.2) is 0 Å². The number of methoxy groups -OCH3 is 1. The summed E-state index contributed by atoms with van der Waals surface area (Å²) in [4.78, 5) is 24.1. The molecule has 2 atom stereocenters. The van der Waals surface area contributed by atoms with Crippen molar-refractivity contribution in [2.75, 3.05) is 7.11 Å². The van der Waals surface area contributed by atoms with E-state index in [1.54, 1.807) is 0 Å². The van der Waals surface area contributed by atoms with Gasteiger partial charge in [0.1, 0.15) is 0 Å². The minimum absolute atomic E-state index is 0. The molecule has 0 aromatic carbocycles. The lowest BCUT2D eigenvalue weighted by atomic mass is 9.86. The van der Waals surface area contributed by atoms with Gasteiger partial charge in [0.25, 0.3) is 0 Å². The van der Waals surface area contributed by atoms with Gasteiger partial charge >= 0.3 is 5.97 Å². The highest BCUT2D eigenvalue weighted by Gasteiger charge is 2.36. The molecule has 2 unspecified atom stereocenters. The number of ether oxygens (including phenoxy) is 1. The predicted octanol–water partition coefficient (Wildman–Crippen LogP) is 2.57. The fourth-order valence-corrected chi connectivity index (χ4v) is 4.02. The molecule has 2 fully saturated rings. The first-order chi connectivity index (χ1) is 10.5. The Labute approximate surface area is 145 Å². The van der Waals surface area contributed by atoms with Gasteiger partial charge < -0.3 is 15.4 Å². The van der Waals surface area contributed by atoms with E-state index in [4.69, 9.17) is 4.74 Å². The lowest BCUT2D eigenvalue weighted by Crippen LogP contribution is -2.50. The van der Waals surface area contributed by atoms with E-state index in [1.807, 2.05) is 13.8 Å². The predicted molar refractivity (Wildman–Crippen MR) is 92.6 cm³/mol. The third kappa shape index (κ3) is 5.35. The monoisotopic (exact) mass is 346 g/mol. The second-order valence-corrected chi connectivity index (χ2v) is 6.97. The van der Waals surface area contributed by atoms with Gasteiger partial charge in [-0.1, -0.05) is 13.8 Å². The second-order valence-electron chi connectivity index (χ2n) is 6.97. The normalized spacial score (nSPS) is 26.3. The number of fused-ring (bicyclic) bond motifs is 2. The van der Waals surface area contributed by atoms with Crippen molar-refractivity contribution < 1.29 is 14.3 Å². The molecule has 0 spiro atoms. The molecule has 2 aliphatic rings. The molecule has 23 heavy (non-hydrogen) atoms. The Balaban J connectivity index is 0.00000264. The van der Waals surface area contributed by atoms with Crippen molar-refractivity contribution in [1.29, 1.82) is 0 Å². The molecule has 0 radical (unpaired) electrons. The minimum atomic E-state index is -0.462. The molecule has 6 heteroatoms. The quantitative estimate of drug-likeness (QED) is 0.695. The van der Waals surface area contributed by atoms with Gasteiger partial charge in [-0.2, -0.15) is 0 Å². The highest BCUT2D eigenvalue weighted by Crippen LogP contribution is 2.33. The number of halogens is 1. The zero-order valence-corrected chi connectivity index (χ0v) is 15.3. The second kappa shape index (κ2) is 8.88. The molecule has 1 amide bonds. The maximum absolute atomic E-state index is 12.5. The molecule has 2 bridgehead atoms. The zero-order chi connectivity index (χ0) is 16.2. The van der Waals surface area contributed by atoms with E-state index in [-0.39, 0.29) is 30.7 Å². The van der Waals surface area contributed by atoms with Crippen LogP contribution in [0, 0.1) is 5.92 Å². The van der Waals surface area contributed by atoms with Crippen LogP contribution in [0.4, 0.5) is 0 Å². The van der Waals surface area contributed by atoms with Crippen molar-refractivity contribution in [3.8, 4) is 0 Å². The fraction of sp³-hybridized carbons (Fsp3) is 0.882. The molecule has 5 nitrogen and oxygen atoms in total. The fourth-order valence-electron chi connectivity index (χ4n) is 4.02. The van der Waals surface area contributed by atoms with Crippen LogP contribution in [0.25, 0.3) is 0 Å². The van der Waals surface area contributed by atoms with Gasteiger partial charge in [-0.15, -0.1) is 12.4 Å². The third-order valence-electron chi connectivity index (χ3n) is 5.51. The van der Waals surface area contributed by atoms with Crippen LogP contribution in [0.5, 0.6) is 0 Å². The Bertz CT molecular complexity index is 401. The van der Waals surface area contributed by atoms with Crippen LogP contribution in [0.15, 0.2) is 0 Å². The van der Waals surface area contributed by atoms with E-state index in [1.165, 1.54) is 20.0 Å². The van der Waals surface area contributed by atoms with E-state index >= 15 is 0 Å². The zero-order valence-electron chi connectivity index (χ0n) is 14.5. The van der Waals surface area contributed by atoms with Gasteiger partial charge in [0, 0.05) is 24.0 Å². The molecule has 0 aromatic rings. The summed E-state index contributed by atoms with van der Waals surface area (Å²) in [7, 11) is 1.39. The largest absolute Gasteiger partial charge is 0.469 e. The Morgan fingerprint density at radius 3 is 2.22 bits per heavy atom. The van der Waals surface area contributed by atoms with Crippen LogP contribution in [-0.4, -0.2) is 36.6 Å². The summed E-state index contributed by atoms with van der Waals surface area (Å²) in [5.74, 6) is 0.297. The Morgan fingerprint density at radius 2 is 1.74 bits per heavy atom. The molecule has 0 saturated carbocycles. The maximum Gasteiger partial charge on any atom is 0.307 e. The van der Waals surface area contributed by atoms with E-state index < -0.39 is 5.54 Å². The average Bonchev–Trinajstić information content (AvgIpc) is 2.85. The number of esters is 1. The molecule has 2 rings (SSSR count). The number of nitrogens with one attached hydrogen (secondary N) is 2. The molecule has 2 aliphatic heterocycles. The SMILES string of the molecule is CCC(CC)(CC(=O)OC)NC(=O)CC1CC2CCC(C1)N2.Cl. The summed E-state index contributed by atoms with van der Waals surface area (Å²) < 4.78 is 4.78. The van der Waals surface area contributed by atoms with Crippen LogP contribution in [-0.2, 0) is 14.3 Å². The first-order valence-electron chi connectivity index (χ1n) is 8.64. The number of rotatable bonds is 7. The number of amides is 1. The maximum atomic E-state index is 12.5. The number of hydrogen-bond acceptors (Lipinski definition) is 4. The summed E-state index contributed by atoms with van der Waals surface area (Å²) in [6, 6.07) is 1.21. The average molecular weight is 347 g/mol. The first kappa shape index (κ1) is 20.2. The van der Waals surface area contributed by atoms with Crippen LogP contribution in [0.3, 0.4) is 0 Å². The highest BCUT2D eigenvalue weighted by molar-refractivity contribution is 5.85. The Kier molecular flexibility index (Phi) is 7.81. The number of piperidine rings is 1. The van der Waals surface area contributed by atoms with Gasteiger partial charge in [-0.3, -0.25) is 9.59 Å². The number of carbonyl (C=O) groups excluding carboxylic acids is 2. The smallest absolute Gasteiger partial charge is 0.307 e. The summed E-state index contributed by atoms with van der Waals surface area (Å²) >= 11 is 0. The van der Waals surface area contributed by atoms with E-state index in [0.29, 0.717) is 24.4 Å². The van der Waals surface area contributed by atoms with E-state index in [9.17, 15) is 9.59 Å². The van der Waals surface area contributed by atoms with E-state index in [0.717, 1.165) is 25.7 Å².